The summed E-state index contributed by atoms with van der Waals surface area (Å²) in [7, 11) is 0. The van der Waals surface area contributed by atoms with E-state index in [0.29, 0.717) is 35.7 Å². The largest absolute Gasteiger partial charge is 0.489 e. The maximum atomic E-state index is 14.2. The summed E-state index contributed by atoms with van der Waals surface area (Å²) in [6, 6.07) is 4.35. The maximum Gasteiger partial charge on any atom is 0.258 e. The molecule has 6 rings (SSSR count). The summed E-state index contributed by atoms with van der Waals surface area (Å²) in [5.41, 5.74) is 2.65. The first-order chi connectivity index (χ1) is 16.9. The van der Waals surface area contributed by atoms with Gasteiger partial charge in [0, 0.05) is 36.3 Å². The van der Waals surface area contributed by atoms with Crippen molar-refractivity contribution in [3.05, 3.63) is 58.3 Å². The summed E-state index contributed by atoms with van der Waals surface area (Å²) in [5, 5.41) is 15.5. The lowest BCUT2D eigenvalue weighted by Crippen LogP contribution is -2.48. The van der Waals surface area contributed by atoms with Gasteiger partial charge in [-0.05, 0) is 37.9 Å². The molecule has 35 heavy (non-hydrogen) atoms. The van der Waals surface area contributed by atoms with Crippen molar-refractivity contribution in [2.75, 3.05) is 6.54 Å². The van der Waals surface area contributed by atoms with Crippen molar-refractivity contribution in [2.24, 2.45) is 0 Å². The van der Waals surface area contributed by atoms with Crippen LogP contribution in [0.2, 0.25) is 5.02 Å². The average molecular weight is 500 g/mol. The maximum absolute atomic E-state index is 14.2. The highest BCUT2D eigenvalue weighted by Crippen LogP contribution is 2.38. The minimum absolute atomic E-state index is 0.0392. The molecule has 3 aliphatic rings. The topological polar surface area (TPSA) is 83.2 Å². The van der Waals surface area contributed by atoms with E-state index >= 15 is 0 Å². The lowest BCUT2D eigenvalue weighted by Gasteiger charge is -2.39. The standard InChI is InChI=1S/C25H27ClFN5O3/c1-2-5-31-16-7-17(9-21(31)22(33)8-16)35-23-6-15(27)3-4-18(23)25(34)30-12-19-20(13-30)29-32-11-14(26)10-28-24(19)32/h3-4,6,10-11,16-17,21-22,33H,2,5,7-9,12-13H2,1H3/t16?,17-,21?,22?/m0/s1. The first-order valence-electron chi connectivity index (χ1n) is 12.1. The number of aromatic nitrogens is 3. The minimum atomic E-state index is -0.452. The molecule has 3 aromatic rings. The highest BCUT2D eigenvalue weighted by Gasteiger charge is 2.46. The van der Waals surface area contributed by atoms with E-state index < -0.39 is 5.82 Å². The van der Waals surface area contributed by atoms with Gasteiger partial charge < -0.3 is 14.7 Å². The molecule has 8 nitrogen and oxygen atoms in total. The number of rotatable bonds is 5. The molecular weight excluding hydrogens is 473 g/mol. The molecule has 0 radical (unpaired) electrons. The monoisotopic (exact) mass is 499 g/mol. The van der Waals surface area contributed by atoms with Gasteiger partial charge in [-0.3, -0.25) is 9.69 Å². The molecule has 3 unspecified atom stereocenters. The summed E-state index contributed by atoms with van der Waals surface area (Å²) in [5.74, 6) is -0.440. The lowest BCUT2D eigenvalue weighted by molar-refractivity contribution is 0.0248. The van der Waals surface area contributed by atoms with Gasteiger partial charge in [0.15, 0.2) is 5.65 Å². The predicted molar refractivity (Wildman–Crippen MR) is 127 cm³/mol. The van der Waals surface area contributed by atoms with Gasteiger partial charge >= 0.3 is 0 Å². The summed E-state index contributed by atoms with van der Waals surface area (Å²) in [6.07, 6.45) is 5.85. The van der Waals surface area contributed by atoms with E-state index in [0.717, 1.165) is 37.1 Å². The van der Waals surface area contributed by atoms with Gasteiger partial charge in [0.1, 0.15) is 17.7 Å². The molecule has 0 aliphatic carbocycles. The Balaban J connectivity index is 1.22. The van der Waals surface area contributed by atoms with Crippen molar-refractivity contribution in [1.82, 2.24) is 24.4 Å². The van der Waals surface area contributed by atoms with Crippen molar-refractivity contribution in [1.29, 1.82) is 0 Å². The SMILES string of the molecule is CCCN1C2CC(O)C1C[C@@H](Oc1cc(F)ccc1C(=O)N1Cc3nn4cc(Cl)cnc4c3C1)C2. The number of aliphatic hydroxyl groups is 1. The van der Waals surface area contributed by atoms with E-state index in [4.69, 9.17) is 16.3 Å². The van der Waals surface area contributed by atoms with Gasteiger partial charge in [-0.2, -0.15) is 5.10 Å². The van der Waals surface area contributed by atoms with E-state index in [2.05, 4.69) is 21.9 Å². The molecule has 1 N–H and O–H groups in total. The Morgan fingerprint density at radius 2 is 2.14 bits per heavy atom. The number of fused-ring (bicyclic) bond motifs is 5. The van der Waals surface area contributed by atoms with Crippen LogP contribution in [-0.4, -0.2) is 66.2 Å². The fourth-order valence-electron chi connectivity index (χ4n) is 5.94. The van der Waals surface area contributed by atoms with Crippen molar-refractivity contribution in [3.8, 4) is 5.75 Å². The molecule has 184 valence electrons. The smallest absolute Gasteiger partial charge is 0.258 e. The number of carbonyl (C=O) groups excluding carboxylic acids is 1. The Morgan fingerprint density at radius 1 is 1.29 bits per heavy atom. The van der Waals surface area contributed by atoms with Gasteiger partial charge in [0.05, 0.1) is 41.7 Å². The summed E-state index contributed by atoms with van der Waals surface area (Å²) in [6.45, 7) is 3.77. The number of piperidine rings is 1. The first kappa shape index (κ1) is 22.7. The van der Waals surface area contributed by atoms with Crippen LogP contribution in [0.25, 0.3) is 5.65 Å². The second-order valence-electron chi connectivity index (χ2n) is 9.74. The number of hydrogen-bond donors (Lipinski definition) is 1. The summed E-state index contributed by atoms with van der Waals surface area (Å²) in [4.78, 5) is 21.9. The van der Waals surface area contributed by atoms with E-state index in [9.17, 15) is 14.3 Å². The normalized spacial score (nSPS) is 25.9. The molecule has 1 aromatic carbocycles. The summed E-state index contributed by atoms with van der Waals surface area (Å²) >= 11 is 6.02. The highest BCUT2D eigenvalue weighted by molar-refractivity contribution is 6.30. The molecule has 0 spiro atoms. The molecule has 2 saturated heterocycles. The van der Waals surface area contributed by atoms with Crippen molar-refractivity contribution < 1.29 is 19.0 Å². The Kier molecular flexibility index (Phi) is 5.66. The second kappa shape index (κ2) is 8.72. The molecule has 3 aliphatic heterocycles. The molecule has 2 aromatic heterocycles. The van der Waals surface area contributed by atoms with E-state index in [1.165, 1.54) is 18.2 Å². The number of carbonyl (C=O) groups is 1. The number of hydrogen-bond acceptors (Lipinski definition) is 6. The molecule has 1 amide bonds. The zero-order valence-corrected chi connectivity index (χ0v) is 20.2. The zero-order chi connectivity index (χ0) is 24.3. The first-order valence-corrected chi connectivity index (χ1v) is 12.5. The van der Waals surface area contributed by atoms with Crippen LogP contribution < -0.4 is 4.74 Å². The number of halogens is 2. The quantitative estimate of drug-likeness (QED) is 0.579. The fraction of sp³-hybridized carbons (Fsp3) is 0.480. The van der Waals surface area contributed by atoms with E-state index in [1.807, 2.05) is 0 Å². The van der Waals surface area contributed by atoms with E-state index in [1.54, 1.807) is 21.8 Å². The molecule has 0 saturated carbocycles. The molecular formula is C25H27ClFN5O3. The lowest BCUT2D eigenvalue weighted by atomic mass is 9.99. The number of nitrogens with zero attached hydrogens (tertiary/aromatic N) is 5. The Labute approximate surface area is 207 Å². The molecule has 5 heterocycles. The van der Waals surface area contributed by atoms with Gasteiger partial charge in [-0.15, -0.1) is 0 Å². The van der Waals surface area contributed by atoms with Gasteiger partial charge in [0.25, 0.3) is 5.91 Å². The van der Waals surface area contributed by atoms with Crippen molar-refractivity contribution >= 4 is 23.2 Å². The molecule has 2 fully saturated rings. The predicted octanol–water partition coefficient (Wildman–Crippen LogP) is 3.43. The van der Waals surface area contributed by atoms with Gasteiger partial charge in [0.2, 0.25) is 0 Å². The molecule has 4 atom stereocenters. The van der Waals surface area contributed by atoms with Crippen LogP contribution in [0.4, 0.5) is 4.39 Å². The van der Waals surface area contributed by atoms with Crippen LogP contribution >= 0.6 is 11.6 Å². The molecule has 10 heteroatoms. The number of benzene rings is 1. The number of aliphatic hydroxyl groups excluding tert-OH is 1. The third-order valence-corrected chi connectivity index (χ3v) is 7.63. The van der Waals surface area contributed by atoms with Crippen molar-refractivity contribution in [2.45, 2.75) is 70.0 Å². The second-order valence-corrected chi connectivity index (χ2v) is 10.2. The van der Waals surface area contributed by atoms with Crippen LogP contribution in [0, 0.1) is 5.82 Å². The Bertz CT molecular complexity index is 1300. The van der Waals surface area contributed by atoms with Crippen LogP contribution in [0.3, 0.4) is 0 Å². The third kappa shape index (κ3) is 3.95. The van der Waals surface area contributed by atoms with Gasteiger partial charge in [-0.1, -0.05) is 18.5 Å². The van der Waals surface area contributed by atoms with Gasteiger partial charge in [-0.25, -0.2) is 13.9 Å². The average Bonchev–Trinajstić information content (AvgIpc) is 3.42. The van der Waals surface area contributed by atoms with Crippen LogP contribution in [0.15, 0.2) is 30.6 Å². The van der Waals surface area contributed by atoms with Crippen molar-refractivity contribution in [3.63, 3.8) is 0 Å². The Hall–Kier alpha value is -2.75. The van der Waals surface area contributed by atoms with Crippen LogP contribution in [0.1, 0.15) is 54.2 Å². The Morgan fingerprint density at radius 3 is 2.94 bits per heavy atom. The highest BCUT2D eigenvalue weighted by atomic mass is 35.5. The molecule has 2 bridgehead atoms. The number of ether oxygens (including phenoxy) is 1. The van der Waals surface area contributed by atoms with Crippen LogP contribution in [-0.2, 0) is 13.1 Å². The fourth-order valence-corrected chi connectivity index (χ4v) is 6.09. The minimum Gasteiger partial charge on any atom is -0.489 e. The van der Waals surface area contributed by atoms with E-state index in [-0.39, 0.29) is 35.9 Å². The van der Waals surface area contributed by atoms with Crippen LogP contribution in [0.5, 0.6) is 5.75 Å². The third-order valence-electron chi connectivity index (χ3n) is 7.44. The summed E-state index contributed by atoms with van der Waals surface area (Å²) < 4.78 is 22.1. The zero-order valence-electron chi connectivity index (χ0n) is 19.4. The number of amides is 1.